The molecule has 0 saturated carbocycles. The quantitative estimate of drug-likeness (QED) is 0.717. The van der Waals surface area contributed by atoms with Crippen molar-refractivity contribution in [3.8, 4) is 11.3 Å². The minimum Gasteiger partial charge on any atom is -0.476 e. The van der Waals surface area contributed by atoms with Gasteiger partial charge in [0.1, 0.15) is 5.76 Å². The van der Waals surface area contributed by atoms with Gasteiger partial charge in [0.2, 0.25) is 0 Å². The molecular weight excluding hydrogens is 246 g/mol. The third-order valence-corrected chi connectivity index (χ3v) is 3.43. The Morgan fingerprint density at radius 3 is 3.16 bits per heavy atom. The molecule has 6 nitrogen and oxygen atoms in total. The van der Waals surface area contributed by atoms with Crippen LogP contribution >= 0.6 is 0 Å². The van der Waals surface area contributed by atoms with Crippen LogP contribution in [0.1, 0.15) is 21.9 Å². The van der Waals surface area contributed by atoms with Crippen molar-refractivity contribution >= 4 is 11.6 Å². The molecule has 0 unspecified atom stereocenters. The van der Waals surface area contributed by atoms with Crippen LogP contribution in [0.25, 0.3) is 16.9 Å². The molecule has 0 fully saturated rings. The highest BCUT2D eigenvalue weighted by molar-refractivity contribution is 5.92. The fourth-order valence-corrected chi connectivity index (χ4v) is 2.61. The van der Waals surface area contributed by atoms with Gasteiger partial charge in [-0.2, -0.15) is 0 Å². The fourth-order valence-electron chi connectivity index (χ4n) is 2.61. The molecule has 94 valence electrons. The summed E-state index contributed by atoms with van der Waals surface area (Å²) in [7, 11) is 0. The molecule has 0 radical (unpaired) electrons. The number of nitrogens with zero attached hydrogens (tertiary/aromatic N) is 3. The first-order valence-electron chi connectivity index (χ1n) is 5.91. The van der Waals surface area contributed by atoms with Crippen LogP contribution in [0.5, 0.6) is 0 Å². The predicted molar refractivity (Wildman–Crippen MR) is 65.1 cm³/mol. The lowest BCUT2D eigenvalue weighted by Gasteiger charge is -2.10. The highest BCUT2D eigenvalue weighted by Crippen LogP contribution is 2.34. The van der Waals surface area contributed by atoms with E-state index in [1.54, 1.807) is 12.5 Å². The summed E-state index contributed by atoms with van der Waals surface area (Å²) in [6.45, 7) is 0. The lowest BCUT2D eigenvalue weighted by molar-refractivity contribution is 0.0692. The van der Waals surface area contributed by atoms with Gasteiger partial charge in [0.25, 0.3) is 0 Å². The normalized spacial score (nSPS) is 13.3. The van der Waals surface area contributed by atoms with E-state index in [4.69, 9.17) is 9.52 Å². The lowest BCUT2D eigenvalue weighted by atomic mass is 9.99. The summed E-state index contributed by atoms with van der Waals surface area (Å²) in [6.07, 6.45) is 6.45. The zero-order valence-corrected chi connectivity index (χ0v) is 9.83. The van der Waals surface area contributed by atoms with Crippen LogP contribution in [0.15, 0.2) is 29.1 Å². The summed E-state index contributed by atoms with van der Waals surface area (Å²) in [5.74, 6) is -0.166. The second-order valence-corrected chi connectivity index (χ2v) is 4.44. The van der Waals surface area contributed by atoms with Crippen LogP contribution in [0, 0.1) is 0 Å². The van der Waals surface area contributed by atoms with E-state index in [0.717, 1.165) is 35.6 Å². The third kappa shape index (κ3) is 1.28. The first kappa shape index (κ1) is 10.3. The SMILES string of the molecule is O=C(O)c1nccn2c3c(nc12)-c1ccoc1CC3. The third-order valence-electron chi connectivity index (χ3n) is 3.43. The maximum atomic E-state index is 11.2. The summed E-state index contributed by atoms with van der Waals surface area (Å²) >= 11 is 0. The van der Waals surface area contributed by atoms with Gasteiger partial charge in [0.05, 0.1) is 17.7 Å². The minimum absolute atomic E-state index is 0.0260. The molecule has 6 heteroatoms. The summed E-state index contributed by atoms with van der Waals surface area (Å²) in [4.78, 5) is 19.5. The van der Waals surface area contributed by atoms with E-state index in [2.05, 4.69) is 9.97 Å². The molecule has 1 N–H and O–H groups in total. The monoisotopic (exact) mass is 255 g/mol. The lowest BCUT2D eigenvalue weighted by Crippen LogP contribution is -2.06. The first-order valence-corrected chi connectivity index (χ1v) is 5.91. The number of hydrogen-bond donors (Lipinski definition) is 1. The number of aromatic nitrogens is 3. The molecule has 4 rings (SSSR count). The van der Waals surface area contributed by atoms with Crippen molar-refractivity contribution in [1.82, 2.24) is 14.4 Å². The van der Waals surface area contributed by atoms with E-state index in [1.165, 1.54) is 6.20 Å². The standard InChI is InChI=1S/C13H9N3O3/c17-13(18)11-12-15-10-7-3-6-19-9(7)2-1-8(10)16(12)5-4-14-11/h3-6H,1-2H2,(H,17,18). The number of aryl methyl sites for hydroxylation is 2. The van der Waals surface area contributed by atoms with Crippen molar-refractivity contribution in [1.29, 1.82) is 0 Å². The Kier molecular flexibility index (Phi) is 1.87. The van der Waals surface area contributed by atoms with E-state index in [0.29, 0.717) is 5.65 Å². The number of carboxylic acids is 1. The molecule has 0 bridgehead atoms. The Balaban J connectivity index is 2.10. The zero-order valence-electron chi connectivity index (χ0n) is 9.83. The van der Waals surface area contributed by atoms with Gasteiger partial charge in [-0.05, 0) is 12.5 Å². The van der Waals surface area contributed by atoms with Gasteiger partial charge < -0.3 is 9.52 Å². The first-order chi connectivity index (χ1) is 9.25. The number of carboxylic acid groups (broad SMARTS) is 1. The van der Waals surface area contributed by atoms with Crippen LogP contribution in [0.2, 0.25) is 0 Å². The highest BCUT2D eigenvalue weighted by Gasteiger charge is 2.25. The molecule has 19 heavy (non-hydrogen) atoms. The van der Waals surface area contributed by atoms with Gasteiger partial charge in [-0.25, -0.2) is 14.8 Å². The summed E-state index contributed by atoms with van der Waals surface area (Å²) < 4.78 is 7.21. The summed E-state index contributed by atoms with van der Waals surface area (Å²) in [5.41, 5.74) is 3.11. The zero-order chi connectivity index (χ0) is 13.0. The van der Waals surface area contributed by atoms with Gasteiger partial charge in [0, 0.05) is 24.4 Å². The van der Waals surface area contributed by atoms with Crippen molar-refractivity contribution < 1.29 is 14.3 Å². The smallest absolute Gasteiger partial charge is 0.358 e. The van der Waals surface area contributed by atoms with Crippen LogP contribution in [0.3, 0.4) is 0 Å². The molecule has 0 aromatic carbocycles. The molecule has 3 aromatic heterocycles. The molecule has 0 spiro atoms. The average Bonchev–Trinajstić information content (AvgIpc) is 3.01. The molecule has 0 amide bonds. The number of aromatic carboxylic acids is 1. The molecule has 0 aliphatic heterocycles. The van der Waals surface area contributed by atoms with Gasteiger partial charge in [-0.3, -0.25) is 4.40 Å². The Morgan fingerprint density at radius 2 is 2.32 bits per heavy atom. The van der Waals surface area contributed by atoms with Crippen LogP contribution in [0.4, 0.5) is 0 Å². The van der Waals surface area contributed by atoms with Crippen LogP contribution < -0.4 is 0 Å². The van der Waals surface area contributed by atoms with Gasteiger partial charge >= 0.3 is 5.97 Å². The maximum Gasteiger partial charge on any atom is 0.358 e. The van der Waals surface area contributed by atoms with Gasteiger partial charge in [0.15, 0.2) is 11.3 Å². The van der Waals surface area contributed by atoms with Gasteiger partial charge in [-0.15, -0.1) is 0 Å². The van der Waals surface area contributed by atoms with Crippen molar-refractivity contribution in [2.45, 2.75) is 12.8 Å². The fraction of sp³-hybridized carbons (Fsp3) is 0.154. The Labute approximate surface area is 107 Å². The average molecular weight is 255 g/mol. The predicted octanol–water partition coefficient (Wildman–Crippen LogP) is 1.79. The number of imidazole rings is 1. The molecule has 0 saturated heterocycles. The molecular formula is C13H9N3O3. The Bertz CT molecular complexity index is 816. The summed E-state index contributed by atoms with van der Waals surface area (Å²) in [6, 6.07) is 1.87. The maximum absolute atomic E-state index is 11.2. The van der Waals surface area contributed by atoms with E-state index >= 15 is 0 Å². The highest BCUT2D eigenvalue weighted by atomic mass is 16.4. The van der Waals surface area contributed by atoms with E-state index < -0.39 is 5.97 Å². The number of hydrogen-bond acceptors (Lipinski definition) is 4. The number of carbonyl (C=O) groups is 1. The largest absolute Gasteiger partial charge is 0.476 e. The molecule has 0 atom stereocenters. The van der Waals surface area contributed by atoms with Crippen LogP contribution in [-0.4, -0.2) is 25.4 Å². The molecule has 1 aliphatic rings. The topological polar surface area (TPSA) is 80.6 Å². The van der Waals surface area contributed by atoms with Crippen molar-refractivity contribution in [2.24, 2.45) is 0 Å². The van der Waals surface area contributed by atoms with Crippen LogP contribution in [-0.2, 0) is 12.8 Å². The molecule has 1 aliphatic carbocycles. The van der Waals surface area contributed by atoms with E-state index in [-0.39, 0.29) is 5.69 Å². The second-order valence-electron chi connectivity index (χ2n) is 4.44. The number of furan rings is 1. The minimum atomic E-state index is -1.07. The van der Waals surface area contributed by atoms with Crippen molar-refractivity contribution in [3.63, 3.8) is 0 Å². The van der Waals surface area contributed by atoms with Crippen molar-refractivity contribution in [2.75, 3.05) is 0 Å². The molecule has 3 aromatic rings. The second kappa shape index (κ2) is 3.44. The molecule has 3 heterocycles. The number of fused-ring (bicyclic) bond motifs is 5. The Morgan fingerprint density at radius 1 is 1.42 bits per heavy atom. The van der Waals surface area contributed by atoms with E-state index in [9.17, 15) is 4.79 Å². The van der Waals surface area contributed by atoms with Crippen molar-refractivity contribution in [3.05, 3.63) is 41.9 Å². The number of rotatable bonds is 1. The summed E-state index contributed by atoms with van der Waals surface area (Å²) in [5, 5.41) is 9.16. The van der Waals surface area contributed by atoms with E-state index in [1.807, 2.05) is 10.5 Å². The Hall–Kier alpha value is -2.63. The van der Waals surface area contributed by atoms with Gasteiger partial charge in [-0.1, -0.05) is 0 Å².